The molecule has 5 rings (SSSR count). The summed E-state index contributed by atoms with van der Waals surface area (Å²) in [4.78, 5) is 32.3. The number of hydrogen-bond donors (Lipinski definition) is 1. The molecule has 3 aromatic rings. The number of fused-ring (bicyclic) bond motifs is 1. The van der Waals surface area contributed by atoms with Gasteiger partial charge in [-0.3, -0.25) is 14.7 Å². The van der Waals surface area contributed by atoms with Crippen molar-refractivity contribution in [3.8, 4) is 0 Å². The number of alkyl halides is 1. The van der Waals surface area contributed by atoms with Crippen molar-refractivity contribution in [2.45, 2.75) is 23.4 Å². The van der Waals surface area contributed by atoms with Crippen LogP contribution in [-0.4, -0.2) is 38.9 Å². The van der Waals surface area contributed by atoms with E-state index in [1.54, 1.807) is 6.20 Å². The van der Waals surface area contributed by atoms with Crippen LogP contribution in [0, 0.1) is 0 Å². The Bertz CT molecular complexity index is 1200. The van der Waals surface area contributed by atoms with Crippen LogP contribution in [-0.2, 0) is 20.2 Å². The maximum atomic E-state index is 13.7. The molecule has 0 saturated carbocycles. The first-order chi connectivity index (χ1) is 16.6. The summed E-state index contributed by atoms with van der Waals surface area (Å²) in [5.74, 6) is -0.0569. The van der Waals surface area contributed by atoms with Gasteiger partial charge < -0.3 is 10.5 Å². The SMILES string of the molecule is N[C@@H]1C(=O)N2C(C(=O)OC(c3ccccc3)c3ccccc3)=C(c3ccc(CCl)nc3)CS[C@H]12. The highest BCUT2D eigenvalue weighted by atomic mass is 35.5. The van der Waals surface area contributed by atoms with Gasteiger partial charge in [-0.15, -0.1) is 23.4 Å². The standard InChI is InChI=1S/C26H22ClN3O3S/c27-13-19-12-11-18(14-29-19)20-15-34-25-21(28)24(31)30(25)22(20)26(32)33-23(16-7-3-1-4-8-16)17-9-5-2-6-10-17/h1-12,14,21,23,25H,13,15,28H2/t21-,25-/m1/s1. The van der Waals surface area contributed by atoms with Crippen molar-refractivity contribution >= 4 is 40.8 Å². The maximum Gasteiger partial charge on any atom is 0.356 e. The highest BCUT2D eigenvalue weighted by molar-refractivity contribution is 8.00. The van der Waals surface area contributed by atoms with Gasteiger partial charge in [0, 0.05) is 17.5 Å². The third-order valence-corrected chi connectivity index (χ3v) is 7.52. The fraction of sp³-hybridized carbons (Fsp3) is 0.192. The van der Waals surface area contributed by atoms with Crippen LogP contribution < -0.4 is 5.73 Å². The van der Waals surface area contributed by atoms with E-state index < -0.39 is 18.1 Å². The number of pyridine rings is 1. The zero-order valence-electron chi connectivity index (χ0n) is 18.1. The average molecular weight is 492 g/mol. The number of esters is 1. The van der Waals surface area contributed by atoms with E-state index in [0.29, 0.717) is 17.2 Å². The first-order valence-corrected chi connectivity index (χ1v) is 12.4. The minimum atomic E-state index is -0.634. The Morgan fingerprint density at radius 3 is 2.29 bits per heavy atom. The van der Waals surface area contributed by atoms with E-state index in [2.05, 4.69) is 4.98 Å². The molecular formula is C26H22ClN3O3S. The van der Waals surface area contributed by atoms with Crippen molar-refractivity contribution in [1.29, 1.82) is 0 Å². The van der Waals surface area contributed by atoms with Crippen LogP contribution in [0.5, 0.6) is 0 Å². The van der Waals surface area contributed by atoms with E-state index in [0.717, 1.165) is 22.4 Å². The lowest BCUT2D eigenvalue weighted by molar-refractivity contribution is -0.152. The molecule has 1 saturated heterocycles. The fourth-order valence-electron chi connectivity index (χ4n) is 4.16. The number of ether oxygens (including phenoxy) is 1. The second kappa shape index (κ2) is 9.62. The molecule has 0 spiro atoms. The quantitative estimate of drug-likeness (QED) is 0.317. The van der Waals surface area contributed by atoms with Crippen LogP contribution in [0.1, 0.15) is 28.5 Å². The Balaban J connectivity index is 1.56. The molecule has 6 nitrogen and oxygen atoms in total. The Morgan fingerprint density at radius 2 is 1.74 bits per heavy atom. The van der Waals surface area contributed by atoms with Gasteiger partial charge in [0.05, 0.1) is 11.6 Å². The molecule has 2 aliphatic heterocycles. The molecule has 34 heavy (non-hydrogen) atoms. The summed E-state index contributed by atoms with van der Waals surface area (Å²) >= 11 is 7.42. The normalized spacial score (nSPS) is 19.6. The molecule has 3 heterocycles. The zero-order valence-corrected chi connectivity index (χ0v) is 19.7. The molecule has 2 aromatic carbocycles. The molecule has 0 unspecified atom stereocenters. The smallest absolute Gasteiger partial charge is 0.356 e. The number of hydrogen-bond acceptors (Lipinski definition) is 6. The van der Waals surface area contributed by atoms with Crippen molar-refractivity contribution in [2.75, 3.05) is 5.75 Å². The number of benzene rings is 2. The van der Waals surface area contributed by atoms with Gasteiger partial charge in [-0.05, 0) is 22.8 Å². The minimum absolute atomic E-state index is 0.229. The van der Waals surface area contributed by atoms with E-state index >= 15 is 0 Å². The predicted molar refractivity (Wildman–Crippen MR) is 133 cm³/mol. The maximum absolute atomic E-state index is 13.7. The summed E-state index contributed by atoms with van der Waals surface area (Å²) in [5.41, 5.74) is 10.1. The van der Waals surface area contributed by atoms with Crippen molar-refractivity contribution in [1.82, 2.24) is 9.88 Å². The van der Waals surface area contributed by atoms with Gasteiger partial charge in [0.2, 0.25) is 5.91 Å². The predicted octanol–water partition coefficient (Wildman–Crippen LogP) is 4.11. The number of aromatic nitrogens is 1. The van der Waals surface area contributed by atoms with Crippen molar-refractivity contribution in [3.05, 3.63) is 107 Å². The van der Waals surface area contributed by atoms with Gasteiger partial charge in [-0.25, -0.2) is 4.79 Å². The number of rotatable bonds is 6. The van der Waals surface area contributed by atoms with E-state index in [4.69, 9.17) is 22.1 Å². The van der Waals surface area contributed by atoms with Gasteiger partial charge in [-0.1, -0.05) is 66.7 Å². The van der Waals surface area contributed by atoms with E-state index in [1.807, 2.05) is 72.8 Å². The molecule has 0 bridgehead atoms. The monoisotopic (exact) mass is 491 g/mol. The molecular weight excluding hydrogens is 470 g/mol. The highest BCUT2D eigenvalue weighted by Gasteiger charge is 2.52. The topological polar surface area (TPSA) is 85.5 Å². The van der Waals surface area contributed by atoms with Crippen molar-refractivity contribution in [2.24, 2.45) is 5.73 Å². The summed E-state index contributed by atoms with van der Waals surface area (Å²) in [6.07, 6.45) is 1.05. The Labute approximate surface area is 206 Å². The number of β-lactam (4-membered cyclic amide) rings is 1. The van der Waals surface area contributed by atoms with Crippen LogP contribution in [0.15, 0.2) is 84.7 Å². The molecule has 0 aliphatic carbocycles. The minimum Gasteiger partial charge on any atom is -0.448 e. The molecule has 2 aliphatic rings. The summed E-state index contributed by atoms with van der Waals surface area (Å²) in [6, 6.07) is 22.1. The van der Waals surface area contributed by atoms with Gasteiger partial charge in [0.25, 0.3) is 0 Å². The molecule has 172 valence electrons. The highest BCUT2D eigenvalue weighted by Crippen LogP contribution is 2.43. The number of nitrogens with zero attached hydrogens (tertiary/aromatic N) is 2. The van der Waals surface area contributed by atoms with Crippen LogP contribution in [0.2, 0.25) is 0 Å². The van der Waals surface area contributed by atoms with Crippen LogP contribution in [0.3, 0.4) is 0 Å². The number of amides is 1. The van der Waals surface area contributed by atoms with Crippen LogP contribution >= 0.6 is 23.4 Å². The first-order valence-electron chi connectivity index (χ1n) is 10.8. The van der Waals surface area contributed by atoms with Crippen LogP contribution in [0.4, 0.5) is 0 Å². The van der Waals surface area contributed by atoms with E-state index in [1.165, 1.54) is 16.7 Å². The zero-order chi connectivity index (χ0) is 23.7. The van der Waals surface area contributed by atoms with Gasteiger partial charge in [0.15, 0.2) is 6.10 Å². The fourth-order valence-corrected chi connectivity index (χ4v) is 5.64. The lowest BCUT2D eigenvalue weighted by Gasteiger charge is -2.48. The summed E-state index contributed by atoms with van der Waals surface area (Å²) in [5, 5.41) is -0.291. The Hall–Kier alpha value is -3.13. The lowest BCUT2D eigenvalue weighted by atomic mass is 9.99. The second-order valence-corrected chi connectivity index (χ2v) is 9.41. The van der Waals surface area contributed by atoms with Gasteiger partial charge >= 0.3 is 5.97 Å². The van der Waals surface area contributed by atoms with Crippen molar-refractivity contribution < 1.29 is 14.3 Å². The molecule has 1 aromatic heterocycles. The number of carbonyl (C=O) groups excluding carboxylic acids is 2. The molecule has 1 amide bonds. The number of thioether (sulfide) groups is 1. The van der Waals surface area contributed by atoms with E-state index in [9.17, 15) is 9.59 Å². The molecule has 2 atom stereocenters. The third-order valence-electron chi connectivity index (χ3n) is 5.94. The van der Waals surface area contributed by atoms with Crippen LogP contribution in [0.25, 0.3) is 5.57 Å². The van der Waals surface area contributed by atoms with Gasteiger partial charge in [-0.2, -0.15) is 0 Å². The van der Waals surface area contributed by atoms with Gasteiger partial charge in [0.1, 0.15) is 17.1 Å². The summed E-state index contributed by atoms with van der Waals surface area (Å²) in [7, 11) is 0. The van der Waals surface area contributed by atoms with E-state index in [-0.39, 0.29) is 17.0 Å². The number of carbonyl (C=O) groups is 2. The molecule has 2 N–H and O–H groups in total. The number of nitrogens with two attached hydrogens (primary N) is 1. The average Bonchev–Trinajstić information content (AvgIpc) is 2.91. The molecule has 0 radical (unpaired) electrons. The first kappa shape index (κ1) is 22.7. The number of halogens is 1. The second-order valence-electron chi connectivity index (χ2n) is 8.04. The lowest BCUT2D eigenvalue weighted by Crippen LogP contribution is -2.68. The summed E-state index contributed by atoms with van der Waals surface area (Å²) < 4.78 is 6.11. The molecule has 1 fully saturated rings. The Morgan fingerprint density at radius 1 is 1.09 bits per heavy atom. The van der Waals surface area contributed by atoms with Crippen molar-refractivity contribution in [3.63, 3.8) is 0 Å². The third kappa shape index (κ3) is 4.11. The summed E-state index contributed by atoms with van der Waals surface area (Å²) in [6.45, 7) is 0. The largest absolute Gasteiger partial charge is 0.448 e. The Kier molecular flexibility index (Phi) is 6.41. The molecule has 8 heteroatoms.